The van der Waals surface area contributed by atoms with Crippen LogP contribution in [0.15, 0.2) is 48.5 Å². The van der Waals surface area contributed by atoms with Gasteiger partial charge in [-0.25, -0.2) is 4.39 Å². The van der Waals surface area contributed by atoms with Crippen molar-refractivity contribution in [2.45, 2.75) is 32.4 Å². The smallest absolute Gasteiger partial charge is 0.373 e. The molecule has 2 atom stereocenters. The van der Waals surface area contributed by atoms with Crippen LogP contribution in [0.3, 0.4) is 0 Å². The van der Waals surface area contributed by atoms with Gasteiger partial charge >= 0.3 is 6.15 Å². The van der Waals surface area contributed by atoms with E-state index in [0.29, 0.717) is 0 Å². The number of nitrogens with zero attached hydrogens (tertiary/aromatic N) is 1. The molecule has 1 amide bonds. The number of hydrogen-bond acceptors (Lipinski definition) is 4. The first-order valence-electron chi connectivity index (χ1n) is 7.88. The number of fused-ring (bicyclic) bond motifs is 1. The summed E-state index contributed by atoms with van der Waals surface area (Å²) in [5.74, 6) is -0.189. The van der Waals surface area contributed by atoms with Crippen molar-refractivity contribution in [3.8, 4) is 0 Å². The highest BCUT2D eigenvalue weighted by Gasteiger charge is 2.31. The number of rotatable bonds is 2. The summed E-state index contributed by atoms with van der Waals surface area (Å²) < 4.78 is 13.0. The topological polar surface area (TPSA) is 66.5 Å². The van der Waals surface area contributed by atoms with Crippen molar-refractivity contribution in [1.29, 1.82) is 0 Å². The average molecular weight is 342 g/mol. The third kappa shape index (κ3) is 4.31. The van der Waals surface area contributed by atoms with Gasteiger partial charge in [0.1, 0.15) is 5.82 Å². The Bertz CT molecular complexity index is 770. The fraction of sp³-hybridized carbons (Fsp3) is 0.263. The van der Waals surface area contributed by atoms with E-state index < -0.39 is 0 Å². The third-order valence-electron chi connectivity index (χ3n) is 4.11. The van der Waals surface area contributed by atoms with Crippen LogP contribution < -0.4 is 10.2 Å². The molecular formula is C19H19FN2O3. The lowest BCUT2D eigenvalue weighted by atomic mass is 9.91. The largest absolute Gasteiger partial charge is 0.378 e. The van der Waals surface area contributed by atoms with Crippen molar-refractivity contribution in [3.05, 3.63) is 59.9 Å². The van der Waals surface area contributed by atoms with Gasteiger partial charge in [-0.3, -0.25) is 4.79 Å². The number of halogens is 1. The van der Waals surface area contributed by atoms with E-state index in [-0.39, 0.29) is 30.0 Å². The standard InChI is InChI=1S/C18H19FN2O.CO2/c1-12-11-17(20-15-9-7-14(19)8-10-15)16-5-3-4-6-18(16)21(12)13(2)22;2-1-3/h3-10,12,17,20H,11H2,1-2H3;. The van der Waals surface area contributed by atoms with Gasteiger partial charge in [-0.1, -0.05) is 18.2 Å². The Balaban J connectivity index is 0.000000701. The first-order valence-corrected chi connectivity index (χ1v) is 7.88. The molecule has 1 heterocycles. The number of carbonyl (C=O) groups excluding carboxylic acids is 3. The first kappa shape index (κ1) is 18.4. The minimum atomic E-state index is -0.245. The molecule has 5 nitrogen and oxygen atoms in total. The maximum absolute atomic E-state index is 13.0. The van der Waals surface area contributed by atoms with Crippen molar-refractivity contribution in [2.75, 3.05) is 10.2 Å². The summed E-state index contributed by atoms with van der Waals surface area (Å²) in [6, 6.07) is 14.5. The van der Waals surface area contributed by atoms with Crippen LogP contribution >= 0.6 is 0 Å². The summed E-state index contributed by atoms with van der Waals surface area (Å²) >= 11 is 0. The molecule has 1 N–H and O–H groups in total. The summed E-state index contributed by atoms with van der Waals surface area (Å²) in [5, 5.41) is 3.45. The molecule has 2 unspecified atom stereocenters. The van der Waals surface area contributed by atoms with E-state index in [4.69, 9.17) is 9.59 Å². The van der Waals surface area contributed by atoms with E-state index in [0.717, 1.165) is 23.4 Å². The van der Waals surface area contributed by atoms with Gasteiger partial charge in [0.05, 0.1) is 6.04 Å². The maximum atomic E-state index is 13.0. The summed E-state index contributed by atoms with van der Waals surface area (Å²) in [6.45, 7) is 3.65. The monoisotopic (exact) mass is 342 g/mol. The van der Waals surface area contributed by atoms with Crippen LogP contribution in [0.1, 0.15) is 31.9 Å². The summed E-state index contributed by atoms with van der Waals surface area (Å²) in [4.78, 5) is 30.0. The van der Waals surface area contributed by atoms with Crippen LogP contribution in [0.5, 0.6) is 0 Å². The molecule has 0 aliphatic carbocycles. The lowest BCUT2D eigenvalue weighted by Crippen LogP contribution is -2.43. The highest BCUT2D eigenvalue weighted by atomic mass is 19.1. The number of hydrogen-bond donors (Lipinski definition) is 1. The number of carbonyl (C=O) groups is 1. The van der Waals surface area contributed by atoms with Crippen LogP contribution in [0.4, 0.5) is 15.8 Å². The van der Waals surface area contributed by atoms with Gasteiger partial charge in [0.25, 0.3) is 0 Å². The lowest BCUT2D eigenvalue weighted by Gasteiger charge is -2.39. The predicted octanol–water partition coefficient (Wildman–Crippen LogP) is 3.54. The third-order valence-corrected chi connectivity index (χ3v) is 4.11. The van der Waals surface area contributed by atoms with Gasteiger partial charge in [-0.15, -0.1) is 0 Å². The second kappa shape index (κ2) is 8.22. The van der Waals surface area contributed by atoms with Crippen molar-refractivity contribution in [2.24, 2.45) is 0 Å². The first-order chi connectivity index (χ1) is 12.0. The minimum Gasteiger partial charge on any atom is -0.378 e. The molecule has 0 spiro atoms. The average Bonchev–Trinajstić information content (AvgIpc) is 2.57. The highest BCUT2D eigenvalue weighted by molar-refractivity contribution is 5.93. The van der Waals surface area contributed by atoms with Crippen LogP contribution in [0.25, 0.3) is 0 Å². The zero-order valence-electron chi connectivity index (χ0n) is 14.0. The molecule has 25 heavy (non-hydrogen) atoms. The van der Waals surface area contributed by atoms with E-state index in [2.05, 4.69) is 12.2 Å². The normalized spacial score (nSPS) is 18.3. The lowest BCUT2D eigenvalue weighted by molar-refractivity contribution is -0.191. The Hall–Kier alpha value is -2.98. The molecule has 1 aliphatic heterocycles. The molecule has 0 fully saturated rings. The zero-order chi connectivity index (χ0) is 18.4. The summed E-state index contributed by atoms with van der Waals surface area (Å²) in [5.41, 5.74) is 2.93. The second-order valence-corrected chi connectivity index (χ2v) is 5.82. The van der Waals surface area contributed by atoms with Gasteiger partial charge in [0.15, 0.2) is 0 Å². The van der Waals surface area contributed by atoms with Gasteiger partial charge in [-0.2, -0.15) is 9.59 Å². The number of nitrogens with one attached hydrogen (secondary N) is 1. The molecule has 130 valence electrons. The maximum Gasteiger partial charge on any atom is 0.373 e. The highest BCUT2D eigenvalue weighted by Crippen LogP contribution is 2.38. The Morgan fingerprint density at radius 3 is 2.36 bits per heavy atom. The van der Waals surface area contributed by atoms with Crippen molar-refractivity contribution in [3.63, 3.8) is 0 Å². The van der Waals surface area contributed by atoms with Crippen molar-refractivity contribution < 1.29 is 18.8 Å². The van der Waals surface area contributed by atoms with E-state index in [9.17, 15) is 9.18 Å². The van der Waals surface area contributed by atoms with E-state index >= 15 is 0 Å². The van der Waals surface area contributed by atoms with Crippen LogP contribution in [-0.2, 0) is 14.4 Å². The van der Waals surface area contributed by atoms with Crippen LogP contribution in [0, 0.1) is 5.82 Å². The quantitative estimate of drug-likeness (QED) is 0.906. The molecule has 0 aromatic heterocycles. The summed E-state index contributed by atoms with van der Waals surface area (Å²) in [6.07, 6.45) is 1.06. The molecule has 0 saturated carbocycles. The molecule has 0 bridgehead atoms. The Kier molecular flexibility index (Phi) is 6.03. The van der Waals surface area contributed by atoms with E-state index in [1.165, 1.54) is 12.1 Å². The van der Waals surface area contributed by atoms with Crippen molar-refractivity contribution >= 4 is 23.4 Å². The molecule has 3 rings (SSSR count). The minimum absolute atomic E-state index is 0.0557. The molecular weight excluding hydrogens is 323 g/mol. The number of benzene rings is 2. The number of anilines is 2. The fourth-order valence-corrected chi connectivity index (χ4v) is 3.18. The summed E-state index contributed by atoms with van der Waals surface area (Å²) in [7, 11) is 0. The number of amides is 1. The van der Waals surface area contributed by atoms with Gasteiger partial charge < -0.3 is 10.2 Å². The van der Waals surface area contributed by atoms with Crippen LogP contribution in [0.2, 0.25) is 0 Å². The Labute approximate surface area is 145 Å². The second-order valence-electron chi connectivity index (χ2n) is 5.82. The zero-order valence-corrected chi connectivity index (χ0v) is 14.0. The molecule has 0 radical (unpaired) electrons. The van der Waals surface area contributed by atoms with Crippen molar-refractivity contribution in [1.82, 2.24) is 0 Å². The van der Waals surface area contributed by atoms with E-state index in [1.54, 1.807) is 19.1 Å². The molecule has 6 heteroatoms. The SMILES string of the molecule is CC(=O)N1c2ccccc2C(Nc2ccc(F)cc2)CC1C.O=C=O. The predicted molar refractivity (Wildman–Crippen MR) is 91.5 cm³/mol. The van der Waals surface area contributed by atoms with Gasteiger partial charge in [-0.05, 0) is 49.2 Å². The molecule has 1 aliphatic rings. The van der Waals surface area contributed by atoms with E-state index in [1.807, 2.05) is 29.2 Å². The van der Waals surface area contributed by atoms with Gasteiger partial charge in [0.2, 0.25) is 5.91 Å². The molecule has 2 aromatic carbocycles. The number of para-hydroxylation sites is 1. The Morgan fingerprint density at radius 2 is 1.76 bits per heavy atom. The fourth-order valence-electron chi connectivity index (χ4n) is 3.18. The molecule has 0 saturated heterocycles. The molecule has 2 aromatic rings. The van der Waals surface area contributed by atoms with Crippen LogP contribution in [-0.4, -0.2) is 18.1 Å². The Morgan fingerprint density at radius 1 is 1.16 bits per heavy atom. The van der Waals surface area contributed by atoms with Gasteiger partial charge in [0, 0.05) is 24.3 Å².